The normalized spacial score (nSPS) is 13.2. The summed E-state index contributed by atoms with van der Waals surface area (Å²) in [6.45, 7) is 0.275. The molecule has 9 heteroatoms. The molecule has 0 aliphatic carbocycles. The van der Waals surface area contributed by atoms with Gasteiger partial charge in [-0.3, -0.25) is 14.3 Å². The molecule has 4 rings (SSSR count). The number of furan rings is 1. The van der Waals surface area contributed by atoms with Crippen molar-refractivity contribution in [1.82, 2.24) is 15.1 Å². The lowest BCUT2D eigenvalue weighted by molar-refractivity contribution is -0.136. The molecule has 1 atom stereocenters. The number of aromatic nitrogens is 2. The second-order valence-electron chi connectivity index (χ2n) is 5.75. The minimum atomic E-state index is -0.785. The first-order valence-corrected chi connectivity index (χ1v) is 8.22. The van der Waals surface area contributed by atoms with Crippen molar-refractivity contribution in [3.63, 3.8) is 0 Å². The van der Waals surface area contributed by atoms with Gasteiger partial charge in [-0.2, -0.15) is 5.10 Å². The zero-order chi connectivity index (χ0) is 18.6. The summed E-state index contributed by atoms with van der Waals surface area (Å²) in [7, 11) is 0. The van der Waals surface area contributed by atoms with Crippen molar-refractivity contribution in [2.45, 2.75) is 6.04 Å². The maximum atomic E-state index is 12.2. The van der Waals surface area contributed by atoms with E-state index in [9.17, 15) is 9.59 Å². The number of carbonyl (C=O) groups is 2. The van der Waals surface area contributed by atoms with E-state index in [4.69, 9.17) is 13.9 Å². The number of ether oxygens (including phenoxy) is 2. The van der Waals surface area contributed by atoms with Gasteiger partial charge in [-0.15, -0.1) is 0 Å². The number of fused-ring (bicyclic) bond motifs is 1. The molecule has 1 aliphatic heterocycles. The number of carbonyl (C=O) groups excluding carboxylic acids is 2. The molecule has 1 unspecified atom stereocenters. The molecule has 1 aliphatic rings. The summed E-state index contributed by atoms with van der Waals surface area (Å²) in [5.74, 6) is 0.182. The van der Waals surface area contributed by atoms with Crippen LogP contribution in [0.3, 0.4) is 0 Å². The van der Waals surface area contributed by atoms with Gasteiger partial charge in [0.1, 0.15) is 11.8 Å². The van der Waals surface area contributed by atoms with Crippen LogP contribution in [0.4, 0.5) is 5.69 Å². The van der Waals surface area contributed by atoms with Crippen LogP contribution < -0.4 is 20.1 Å². The molecule has 2 N–H and O–H groups in total. The molecular weight excluding hydrogens is 352 g/mol. The molecule has 138 valence electrons. The van der Waals surface area contributed by atoms with Crippen LogP contribution in [0, 0.1) is 0 Å². The minimum Gasteiger partial charge on any atom is -0.467 e. The van der Waals surface area contributed by atoms with Crippen LogP contribution >= 0.6 is 0 Å². The fourth-order valence-electron chi connectivity index (χ4n) is 2.70. The zero-order valence-electron chi connectivity index (χ0n) is 14.1. The van der Waals surface area contributed by atoms with Gasteiger partial charge < -0.3 is 24.5 Å². The molecule has 0 radical (unpaired) electrons. The van der Waals surface area contributed by atoms with E-state index in [1.807, 2.05) is 0 Å². The first-order chi connectivity index (χ1) is 13.2. The van der Waals surface area contributed by atoms with E-state index in [0.717, 1.165) is 0 Å². The first kappa shape index (κ1) is 16.7. The fourth-order valence-corrected chi connectivity index (χ4v) is 2.70. The van der Waals surface area contributed by atoms with E-state index in [-0.39, 0.29) is 19.4 Å². The van der Waals surface area contributed by atoms with Crippen molar-refractivity contribution in [2.75, 3.05) is 18.7 Å². The predicted octanol–water partition coefficient (Wildman–Crippen LogP) is 1.55. The maximum absolute atomic E-state index is 12.2. The summed E-state index contributed by atoms with van der Waals surface area (Å²) in [5, 5.41) is 9.31. The highest BCUT2D eigenvalue weighted by atomic mass is 16.7. The van der Waals surface area contributed by atoms with Crippen LogP contribution in [0.1, 0.15) is 11.8 Å². The lowest BCUT2D eigenvalue weighted by Gasteiger charge is -2.16. The average molecular weight is 368 g/mol. The number of hydrogen-bond acceptors (Lipinski definition) is 6. The molecule has 9 nitrogen and oxygen atoms in total. The number of hydrogen-bond donors (Lipinski definition) is 2. The highest BCUT2D eigenvalue weighted by molar-refractivity contribution is 6.39. The van der Waals surface area contributed by atoms with Crippen LogP contribution in [-0.4, -0.2) is 34.9 Å². The van der Waals surface area contributed by atoms with Gasteiger partial charge >= 0.3 is 11.8 Å². The lowest BCUT2D eigenvalue weighted by Crippen LogP contribution is -2.38. The molecule has 0 spiro atoms. The summed E-state index contributed by atoms with van der Waals surface area (Å²) in [4.78, 5) is 24.3. The second-order valence-corrected chi connectivity index (χ2v) is 5.75. The van der Waals surface area contributed by atoms with E-state index >= 15 is 0 Å². The maximum Gasteiger partial charge on any atom is 0.313 e. The Morgan fingerprint density at radius 2 is 2.04 bits per heavy atom. The van der Waals surface area contributed by atoms with Gasteiger partial charge in [0.15, 0.2) is 11.5 Å². The summed E-state index contributed by atoms with van der Waals surface area (Å²) in [6, 6.07) is 9.84. The van der Waals surface area contributed by atoms with Crippen LogP contribution in [0.15, 0.2) is 59.5 Å². The third kappa shape index (κ3) is 3.61. The molecule has 0 bridgehead atoms. The van der Waals surface area contributed by atoms with Crippen LogP contribution in [0.25, 0.3) is 0 Å². The number of benzene rings is 1. The Hall–Kier alpha value is -3.75. The number of amides is 2. The Labute approximate surface area is 153 Å². The van der Waals surface area contributed by atoms with Gasteiger partial charge in [-0.05, 0) is 30.3 Å². The van der Waals surface area contributed by atoms with Gasteiger partial charge in [0.2, 0.25) is 6.79 Å². The Bertz CT molecular complexity index is 903. The molecule has 3 aromatic rings. The Balaban J connectivity index is 1.38. The van der Waals surface area contributed by atoms with Gasteiger partial charge in [-0.1, -0.05) is 0 Å². The molecule has 0 saturated carbocycles. The largest absolute Gasteiger partial charge is 0.467 e. The minimum absolute atomic E-state index is 0.134. The molecule has 3 heterocycles. The van der Waals surface area contributed by atoms with Crippen molar-refractivity contribution in [3.05, 3.63) is 60.8 Å². The zero-order valence-corrected chi connectivity index (χ0v) is 14.1. The average Bonchev–Trinajstić information content (AvgIpc) is 3.43. The molecule has 1 aromatic carbocycles. The number of nitrogens with one attached hydrogen (secondary N) is 2. The van der Waals surface area contributed by atoms with E-state index in [0.29, 0.717) is 22.9 Å². The van der Waals surface area contributed by atoms with E-state index in [1.165, 1.54) is 0 Å². The van der Waals surface area contributed by atoms with Crippen molar-refractivity contribution in [2.24, 2.45) is 0 Å². The van der Waals surface area contributed by atoms with Crippen molar-refractivity contribution < 1.29 is 23.5 Å². The standard InChI is InChI=1S/C18H16N4O5/c23-17(18(24)21-12-4-5-15-16(9-12)27-11-26-15)19-10-13(14-3-1-8-25-14)22-7-2-6-20-22/h1-9,13H,10-11H2,(H,19,23)(H,21,24). The lowest BCUT2D eigenvalue weighted by atomic mass is 10.2. The summed E-state index contributed by atoms with van der Waals surface area (Å²) >= 11 is 0. The van der Waals surface area contributed by atoms with Crippen LogP contribution in [0.5, 0.6) is 11.5 Å². The highest BCUT2D eigenvalue weighted by Gasteiger charge is 2.21. The van der Waals surface area contributed by atoms with Gasteiger partial charge in [-0.25, -0.2) is 0 Å². The fraction of sp³-hybridized carbons (Fsp3) is 0.167. The number of anilines is 1. The van der Waals surface area contributed by atoms with Gasteiger partial charge in [0, 0.05) is 30.7 Å². The molecule has 2 aromatic heterocycles. The van der Waals surface area contributed by atoms with E-state index in [2.05, 4.69) is 15.7 Å². The SMILES string of the molecule is O=C(NCC(c1ccco1)n1cccn1)C(=O)Nc1ccc2c(c1)OCO2. The molecule has 2 amide bonds. The van der Waals surface area contributed by atoms with Gasteiger partial charge in [0.05, 0.1) is 6.26 Å². The predicted molar refractivity (Wildman–Crippen MR) is 93.3 cm³/mol. The summed E-state index contributed by atoms with van der Waals surface area (Å²) in [5.41, 5.74) is 0.439. The highest BCUT2D eigenvalue weighted by Crippen LogP contribution is 2.34. The van der Waals surface area contributed by atoms with Crippen LogP contribution in [0.2, 0.25) is 0 Å². The summed E-state index contributed by atoms with van der Waals surface area (Å²) < 4.78 is 17.5. The molecule has 27 heavy (non-hydrogen) atoms. The first-order valence-electron chi connectivity index (χ1n) is 8.22. The second kappa shape index (κ2) is 7.24. The Kier molecular flexibility index (Phi) is 4.48. The quantitative estimate of drug-likeness (QED) is 0.662. The van der Waals surface area contributed by atoms with Gasteiger partial charge in [0.25, 0.3) is 0 Å². The van der Waals surface area contributed by atoms with Crippen molar-refractivity contribution >= 4 is 17.5 Å². The number of rotatable bonds is 5. The Morgan fingerprint density at radius 1 is 1.15 bits per heavy atom. The summed E-state index contributed by atoms with van der Waals surface area (Å²) in [6.07, 6.45) is 4.93. The van der Waals surface area contributed by atoms with Crippen molar-refractivity contribution in [1.29, 1.82) is 0 Å². The van der Waals surface area contributed by atoms with Crippen molar-refractivity contribution in [3.8, 4) is 11.5 Å². The number of nitrogens with zero attached hydrogens (tertiary/aromatic N) is 2. The third-order valence-electron chi connectivity index (χ3n) is 4.01. The van der Waals surface area contributed by atoms with Crippen LogP contribution in [-0.2, 0) is 9.59 Å². The topological polar surface area (TPSA) is 108 Å². The molecule has 0 saturated heterocycles. The monoisotopic (exact) mass is 368 g/mol. The Morgan fingerprint density at radius 3 is 2.81 bits per heavy atom. The van der Waals surface area contributed by atoms with E-state index in [1.54, 1.807) is 59.7 Å². The smallest absolute Gasteiger partial charge is 0.313 e. The molecular formula is C18H16N4O5. The van der Waals surface area contributed by atoms with E-state index < -0.39 is 11.8 Å². The molecule has 0 fully saturated rings. The third-order valence-corrected chi connectivity index (χ3v) is 4.01.